The zero-order valence-corrected chi connectivity index (χ0v) is 7.95. The summed E-state index contributed by atoms with van der Waals surface area (Å²) in [5.41, 5.74) is 9.58. The summed E-state index contributed by atoms with van der Waals surface area (Å²) in [5.74, 6) is 0.976. The highest BCUT2D eigenvalue weighted by Crippen LogP contribution is 2.21. The molecule has 0 fully saturated rings. The summed E-state index contributed by atoms with van der Waals surface area (Å²) < 4.78 is 5.24. The van der Waals surface area contributed by atoms with Crippen LogP contribution in [0.5, 0.6) is 0 Å². The van der Waals surface area contributed by atoms with Gasteiger partial charge in [-0.1, -0.05) is 17.2 Å². The van der Waals surface area contributed by atoms with Gasteiger partial charge >= 0.3 is 0 Å². The summed E-state index contributed by atoms with van der Waals surface area (Å²) in [4.78, 5) is 2.69. The van der Waals surface area contributed by atoms with Crippen molar-refractivity contribution < 1.29 is 4.42 Å². The molecule has 1 heterocycles. The monoisotopic (exact) mass is 201 g/mol. The molecule has 0 saturated heterocycles. The molecule has 0 saturated carbocycles. The molecule has 74 valence electrons. The van der Waals surface area contributed by atoms with Crippen LogP contribution in [0.4, 0.5) is 5.69 Å². The lowest BCUT2D eigenvalue weighted by Gasteiger charge is -1.94. The summed E-state index contributed by atoms with van der Waals surface area (Å²) in [6, 6.07) is 6.90. The Labute approximate surface area is 85.2 Å². The number of hydrogen-bond donors (Lipinski definition) is 0. The third kappa shape index (κ3) is 1.95. The molecule has 2 aromatic rings. The number of azide groups is 1. The minimum atomic E-state index is 0.458. The van der Waals surface area contributed by atoms with Gasteiger partial charge in [0.25, 0.3) is 0 Å². The number of rotatable bonds is 2. The van der Waals surface area contributed by atoms with E-state index in [2.05, 4.69) is 20.2 Å². The number of aryl methyl sites for hydroxylation is 1. The molecule has 6 heteroatoms. The molecule has 1 aromatic heterocycles. The molecule has 2 rings (SSSR count). The highest BCUT2D eigenvalue weighted by atomic mass is 16.4. The lowest BCUT2D eigenvalue weighted by Crippen LogP contribution is -1.76. The van der Waals surface area contributed by atoms with E-state index in [-0.39, 0.29) is 0 Å². The second-order valence-electron chi connectivity index (χ2n) is 2.86. The molecule has 0 unspecified atom stereocenters. The van der Waals surface area contributed by atoms with Gasteiger partial charge in [-0.15, -0.1) is 10.2 Å². The van der Waals surface area contributed by atoms with Crippen LogP contribution in [0.3, 0.4) is 0 Å². The molecular formula is C9H7N5O. The average molecular weight is 201 g/mol. The van der Waals surface area contributed by atoms with Crippen LogP contribution in [-0.2, 0) is 0 Å². The quantitative estimate of drug-likeness (QED) is 0.425. The molecule has 0 aliphatic heterocycles. The van der Waals surface area contributed by atoms with Crippen LogP contribution in [0.25, 0.3) is 21.9 Å². The van der Waals surface area contributed by atoms with Gasteiger partial charge in [0.2, 0.25) is 11.8 Å². The fraction of sp³-hybridized carbons (Fsp3) is 0.111. The van der Waals surface area contributed by atoms with Gasteiger partial charge in [-0.05, 0) is 17.7 Å². The first kappa shape index (κ1) is 9.23. The summed E-state index contributed by atoms with van der Waals surface area (Å²) >= 11 is 0. The fourth-order valence-corrected chi connectivity index (χ4v) is 1.14. The van der Waals surface area contributed by atoms with Crippen LogP contribution in [0.1, 0.15) is 5.89 Å². The van der Waals surface area contributed by atoms with Gasteiger partial charge in [0, 0.05) is 23.1 Å². The lowest BCUT2D eigenvalue weighted by molar-refractivity contribution is 0.533. The van der Waals surface area contributed by atoms with Crippen LogP contribution in [0.15, 0.2) is 33.8 Å². The predicted octanol–water partition coefficient (Wildman–Crippen LogP) is 2.99. The van der Waals surface area contributed by atoms with Crippen LogP contribution in [0, 0.1) is 6.92 Å². The maximum absolute atomic E-state index is 8.23. The van der Waals surface area contributed by atoms with Crippen LogP contribution in [-0.4, -0.2) is 10.2 Å². The number of aromatic nitrogens is 2. The van der Waals surface area contributed by atoms with Crippen molar-refractivity contribution in [1.29, 1.82) is 0 Å². The molecule has 0 bridgehead atoms. The van der Waals surface area contributed by atoms with E-state index >= 15 is 0 Å². The molecule has 0 spiro atoms. The van der Waals surface area contributed by atoms with E-state index in [4.69, 9.17) is 9.95 Å². The van der Waals surface area contributed by atoms with Crippen molar-refractivity contribution in [2.75, 3.05) is 0 Å². The molecule has 0 aliphatic carbocycles. The Morgan fingerprint density at radius 2 is 2.00 bits per heavy atom. The zero-order chi connectivity index (χ0) is 10.7. The van der Waals surface area contributed by atoms with E-state index in [0.29, 0.717) is 17.5 Å². The SMILES string of the molecule is Cc1nnc(-c2ccc(N=[N+]=[N-])cc2)o1. The van der Waals surface area contributed by atoms with E-state index in [1.54, 1.807) is 31.2 Å². The largest absolute Gasteiger partial charge is 0.421 e. The van der Waals surface area contributed by atoms with E-state index in [9.17, 15) is 0 Å². The first-order valence-electron chi connectivity index (χ1n) is 4.25. The maximum atomic E-state index is 8.23. The van der Waals surface area contributed by atoms with Crippen molar-refractivity contribution in [3.8, 4) is 11.5 Å². The average Bonchev–Trinajstić information content (AvgIpc) is 2.67. The van der Waals surface area contributed by atoms with Crippen molar-refractivity contribution in [2.24, 2.45) is 5.11 Å². The minimum absolute atomic E-state index is 0.458. The van der Waals surface area contributed by atoms with Gasteiger partial charge in [-0.25, -0.2) is 0 Å². The van der Waals surface area contributed by atoms with Crippen molar-refractivity contribution >= 4 is 5.69 Å². The maximum Gasteiger partial charge on any atom is 0.247 e. The Balaban J connectivity index is 2.35. The number of hydrogen-bond acceptors (Lipinski definition) is 4. The van der Waals surface area contributed by atoms with E-state index in [1.165, 1.54) is 0 Å². The Bertz CT molecular complexity index is 510. The molecular weight excluding hydrogens is 194 g/mol. The van der Waals surface area contributed by atoms with Gasteiger partial charge in [0.15, 0.2) is 0 Å². The van der Waals surface area contributed by atoms with Gasteiger partial charge in [0.1, 0.15) is 0 Å². The van der Waals surface area contributed by atoms with Gasteiger partial charge in [-0.3, -0.25) is 0 Å². The normalized spacial score (nSPS) is 9.67. The number of nitrogens with zero attached hydrogens (tertiary/aromatic N) is 5. The summed E-state index contributed by atoms with van der Waals surface area (Å²) in [7, 11) is 0. The third-order valence-corrected chi connectivity index (χ3v) is 1.80. The third-order valence-electron chi connectivity index (χ3n) is 1.80. The highest BCUT2D eigenvalue weighted by Gasteiger charge is 2.04. The van der Waals surface area contributed by atoms with Crippen LogP contribution in [0.2, 0.25) is 0 Å². The van der Waals surface area contributed by atoms with Crippen molar-refractivity contribution in [3.63, 3.8) is 0 Å². The molecule has 6 nitrogen and oxygen atoms in total. The molecule has 15 heavy (non-hydrogen) atoms. The van der Waals surface area contributed by atoms with Crippen LogP contribution < -0.4 is 0 Å². The summed E-state index contributed by atoms with van der Waals surface area (Å²) in [5, 5.41) is 11.1. The Morgan fingerprint density at radius 1 is 1.27 bits per heavy atom. The van der Waals surface area contributed by atoms with Crippen LogP contribution >= 0.6 is 0 Å². The van der Waals surface area contributed by atoms with E-state index in [1.807, 2.05) is 0 Å². The Kier molecular flexibility index (Phi) is 2.35. The van der Waals surface area contributed by atoms with Gasteiger partial charge in [0.05, 0.1) is 0 Å². The second-order valence-corrected chi connectivity index (χ2v) is 2.86. The molecule has 0 atom stereocenters. The minimum Gasteiger partial charge on any atom is -0.421 e. The van der Waals surface area contributed by atoms with Crippen molar-refractivity contribution in [2.45, 2.75) is 6.92 Å². The molecule has 0 N–H and O–H groups in total. The molecule has 0 amide bonds. The Hall–Kier alpha value is -2.33. The highest BCUT2D eigenvalue weighted by molar-refractivity contribution is 5.56. The smallest absolute Gasteiger partial charge is 0.247 e. The topological polar surface area (TPSA) is 87.7 Å². The zero-order valence-electron chi connectivity index (χ0n) is 7.95. The molecule has 0 aliphatic rings. The van der Waals surface area contributed by atoms with E-state index in [0.717, 1.165) is 5.56 Å². The molecule has 0 radical (unpaired) electrons. The summed E-state index contributed by atoms with van der Waals surface area (Å²) in [6.45, 7) is 1.73. The first-order chi connectivity index (χ1) is 7.29. The fourth-order valence-electron chi connectivity index (χ4n) is 1.14. The molecule has 1 aromatic carbocycles. The predicted molar refractivity (Wildman–Crippen MR) is 53.3 cm³/mol. The van der Waals surface area contributed by atoms with Crippen molar-refractivity contribution in [1.82, 2.24) is 10.2 Å². The first-order valence-corrected chi connectivity index (χ1v) is 4.25. The van der Waals surface area contributed by atoms with Gasteiger partial charge in [-0.2, -0.15) is 0 Å². The van der Waals surface area contributed by atoms with E-state index < -0.39 is 0 Å². The van der Waals surface area contributed by atoms with Crippen molar-refractivity contribution in [3.05, 3.63) is 40.6 Å². The Morgan fingerprint density at radius 3 is 2.53 bits per heavy atom. The summed E-state index contributed by atoms with van der Waals surface area (Å²) in [6.07, 6.45) is 0. The number of benzene rings is 1. The standard InChI is InChI=1S/C9H7N5O/c1-6-11-13-9(15-6)7-2-4-8(5-3-7)12-14-10/h2-5H,1H3. The lowest BCUT2D eigenvalue weighted by atomic mass is 10.2. The second kappa shape index (κ2) is 3.81. The van der Waals surface area contributed by atoms with Gasteiger partial charge < -0.3 is 4.42 Å².